The van der Waals surface area contributed by atoms with E-state index in [1.54, 1.807) is 6.07 Å². The highest BCUT2D eigenvalue weighted by atomic mass is 19.1. The van der Waals surface area contributed by atoms with E-state index in [1.807, 2.05) is 13.0 Å². The zero-order chi connectivity index (χ0) is 11.7. The molecule has 2 atom stereocenters. The van der Waals surface area contributed by atoms with Crippen LogP contribution in [0.25, 0.3) is 0 Å². The summed E-state index contributed by atoms with van der Waals surface area (Å²) in [4.78, 5) is 2.33. The number of hydrogen-bond donors (Lipinski definition) is 1. The van der Waals surface area contributed by atoms with Crippen LogP contribution in [-0.2, 0) is 0 Å². The van der Waals surface area contributed by atoms with Crippen molar-refractivity contribution >= 4 is 5.69 Å². The van der Waals surface area contributed by atoms with E-state index in [9.17, 15) is 4.39 Å². The van der Waals surface area contributed by atoms with Crippen molar-refractivity contribution in [2.45, 2.75) is 38.8 Å². The lowest BCUT2D eigenvalue weighted by atomic mass is 10.1. The van der Waals surface area contributed by atoms with Crippen LogP contribution >= 0.6 is 0 Å². The van der Waals surface area contributed by atoms with Crippen LogP contribution in [0.15, 0.2) is 18.2 Å². The number of nitrogens with zero attached hydrogens (tertiary/aromatic N) is 1. The summed E-state index contributed by atoms with van der Waals surface area (Å²) in [6, 6.07) is 5.34. The molecule has 1 aliphatic heterocycles. The highest BCUT2D eigenvalue weighted by molar-refractivity contribution is 5.56. The zero-order valence-corrected chi connectivity index (χ0v) is 9.91. The van der Waals surface area contributed by atoms with Gasteiger partial charge in [0.05, 0.1) is 0 Å². The number of nitrogens with two attached hydrogens (primary N) is 1. The number of hydrogen-bond acceptors (Lipinski definition) is 2. The Hall–Kier alpha value is -1.09. The summed E-state index contributed by atoms with van der Waals surface area (Å²) < 4.78 is 13.2. The van der Waals surface area contributed by atoms with Crippen molar-refractivity contribution in [2.24, 2.45) is 5.73 Å². The predicted octanol–water partition coefficient (Wildman–Crippen LogP) is 2.83. The quantitative estimate of drug-likeness (QED) is 0.833. The molecule has 0 aromatic heterocycles. The van der Waals surface area contributed by atoms with Gasteiger partial charge in [-0.2, -0.15) is 0 Å². The fourth-order valence-electron chi connectivity index (χ4n) is 2.44. The maximum Gasteiger partial charge on any atom is 0.123 e. The van der Waals surface area contributed by atoms with Gasteiger partial charge in [-0.25, -0.2) is 4.39 Å². The van der Waals surface area contributed by atoms with Gasteiger partial charge >= 0.3 is 0 Å². The van der Waals surface area contributed by atoms with Gasteiger partial charge < -0.3 is 10.6 Å². The molecule has 0 bridgehead atoms. The Morgan fingerprint density at radius 3 is 2.81 bits per heavy atom. The molecule has 2 nitrogen and oxygen atoms in total. The van der Waals surface area contributed by atoms with E-state index in [1.165, 1.54) is 18.9 Å². The molecule has 0 spiro atoms. The number of halogens is 1. The van der Waals surface area contributed by atoms with Crippen molar-refractivity contribution in [3.63, 3.8) is 0 Å². The van der Waals surface area contributed by atoms with Crippen LogP contribution in [-0.4, -0.2) is 12.6 Å². The molecule has 1 saturated heterocycles. The highest BCUT2D eigenvalue weighted by Gasteiger charge is 2.23. The lowest BCUT2D eigenvalue weighted by molar-refractivity contribution is 0.620. The van der Waals surface area contributed by atoms with Gasteiger partial charge in [0.15, 0.2) is 0 Å². The third-order valence-corrected chi connectivity index (χ3v) is 3.34. The molecule has 0 aliphatic carbocycles. The third-order valence-electron chi connectivity index (χ3n) is 3.34. The smallest absolute Gasteiger partial charge is 0.123 e. The van der Waals surface area contributed by atoms with Crippen LogP contribution in [0.5, 0.6) is 0 Å². The summed E-state index contributed by atoms with van der Waals surface area (Å²) in [6.07, 6.45) is 2.41. The fraction of sp³-hybridized carbons (Fsp3) is 0.538. The summed E-state index contributed by atoms with van der Waals surface area (Å²) in [5.74, 6) is -0.206. The van der Waals surface area contributed by atoms with Gasteiger partial charge in [-0.1, -0.05) is 0 Å². The van der Waals surface area contributed by atoms with Crippen LogP contribution in [0.4, 0.5) is 10.1 Å². The van der Waals surface area contributed by atoms with E-state index in [4.69, 9.17) is 5.73 Å². The van der Waals surface area contributed by atoms with Crippen molar-refractivity contribution in [3.05, 3.63) is 29.6 Å². The number of benzene rings is 1. The summed E-state index contributed by atoms with van der Waals surface area (Å²) in [6.45, 7) is 5.16. The maximum absolute atomic E-state index is 13.2. The highest BCUT2D eigenvalue weighted by Crippen LogP contribution is 2.31. The monoisotopic (exact) mass is 222 g/mol. The summed E-state index contributed by atoms with van der Waals surface area (Å²) in [5, 5.41) is 0. The Balaban J connectivity index is 2.39. The van der Waals surface area contributed by atoms with Crippen molar-refractivity contribution in [3.8, 4) is 0 Å². The van der Waals surface area contributed by atoms with E-state index < -0.39 is 0 Å². The Labute approximate surface area is 96.2 Å². The summed E-state index contributed by atoms with van der Waals surface area (Å²) in [7, 11) is 0. The van der Waals surface area contributed by atoms with Crippen LogP contribution in [0.1, 0.15) is 38.3 Å². The van der Waals surface area contributed by atoms with Gasteiger partial charge in [0.2, 0.25) is 0 Å². The Morgan fingerprint density at radius 2 is 2.25 bits per heavy atom. The molecule has 1 unspecified atom stereocenters. The SMILES string of the molecule is CC1CCCN1c1ccc(F)cc1[C@H](C)N. The number of rotatable bonds is 2. The third kappa shape index (κ3) is 2.05. The summed E-state index contributed by atoms with van der Waals surface area (Å²) >= 11 is 0. The van der Waals surface area contributed by atoms with Gasteiger partial charge in [0.25, 0.3) is 0 Å². The molecule has 3 heteroatoms. The van der Waals surface area contributed by atoms with E-state index in [-0.39, 0.29) is 11.9 Å². The average molecular weight is 222 g/mol. The molecule has 16 heavy (non-hydrogen) atoms. The molecule has 88 valence electrons. The molecule has 0 saturated carbocycles. The van der Waals surface area contributed by atoms with E-state index >= 15 is 0 Å². The fourth-order valence-corrected chi connectivity index (χ4v) is 2.44. The van der Waals surface area contributed by atoms with Crippen molar-refractivity contribution in [2.75, 3.05) is 11.4 Å². The molecule has 2 rings (SSSR count). The van der Waals surface area contributed by atoms with Gasteiger partial charge in [0, 0.05) is 24.3 Å². The lowest BCUT2D eigenvalue weighted by Crippen LogP contribution is -2.28. The van der Waals surface area contributed by atoms with Crippen LogP contribution < -0.4 is 10.6 Å². The minimum Gasteiger partial charge on any atom is -0.369 e. The molecule has 0 radical (unpaired) electrons. The van der Waals surface area contributed by atoms with E-state index in [0.717, 1.165) is 17.8 Å². The Bertz CT molecular complexity index is 376. The minimum absolute atomic E-state index is 0.126. The second-order valence-corrected chi connectivity index (χ2v) is 4.68. The van der Waals surface area contributed by atoms with Gasteiger partial charge in [-0.15, -0.1) is 0 Å². The largest absolute Gasteiger partial charge is 0.369 e. The first kappa shape index (κ1) is 11.4. The average Bonchev–Trinajstić information content (AvgIpc) is 2.64. The van der Waals surface area contributed by atoms with Crippen LogP contribution in [0.2, 0.25) is 0 Å². The molecular weight excluding hydrogens is 203 g/mol. The molecule has 2 N–H and O–H groups in total. The Kier molecular flexibility index (Phi) is 3.15. The Morgan fingerprint density at radius 1 is 1.50 bits per heavy atom. The van der Waals surface area contributed by atoms with Gasteiger partial charge in [0.1, 0.15) is 5.82 Å². The lowest BCUT2D eigenvalue weighted by Gasteiger charge is -2.27. The first-order valence-corrected chi connectivity index (χ1v) is 5.91. The molecule has 1 fully saturated rings. The van der Waals surface area contributed by atoms with Crippen molar-refractivity contribution in [1.29, 1.82) is 0 Å². The standard InChI is InChI=1S/C13H19FN2/c1-9-4-3-7-16(9)13-6-5-11(14)8-12(13)10(2)15/h5-6,8-10H,3-4,7,15H2,1-2H3/t9?,10-/m0/s1. The first-order valence-electron chi connectivity index (χ1n) is 5.91. The normalized spacial score (nSPS) is 22.5. The minimum atomic E-state index is -0.206. The maximum atomic E-state index is 13.2. The van der Waals surface area contributed by atoms with Crippen molar-refractivity contribution < 1.29 is 4.39 Å². The van der Waals surface area contributed by atoms with Gasteiger partial charge in [-0.05, 0) is 50.5 Å². The molecule has 1 heterocycles. The molecule has 1 aromatic rings. The van der Waals surface area contributed by atoms with Crippen molar-refractivity contribution in [1.82, 2.24) is 0 Å². The first-order chi connectivity index (χ1) is 7.59. The van der Waals surface area contributed by atoms with Crippen LogP contribution in [0.3, 0.4) is 0 Å². The molecular formula is C13H19FN2. The molecule has 1 aromatic carbocycles. The molecule has 0 amide bonds. The predicted molar refractivity (Wildman–Crippen MR) is 65.0 cm³/mol. The second kappa shape index (κ2) is 4.42. The topological polar surface area (TPSA) is 29.3 Å². The number of anilines is 1. The van der Waals surface area contributed by atoms with Crippen LogP contribution in [0, 0.1) is 5.82 Å². The van der Waals surface area contributed by atoms with E-state index in [2.05, 4.69) is 11.8 Å². The molecule has 1 aliphatic rings. The summed E-state index contributed by atoms with van der Waals surface area (Å²) in [5.41, 5.74) is 7.91. The second-order valence-electron chi connectivity index (χ2n) is 4.68. The van der Waals surface area contributed by atoms with Gasteiger partial charge in [-0.3, -0.25) is 0 Å². The zero-order valence-electron chi connectivity index (χ0n) is 9.91. The van der Waals surface area contributed by atoms with E-state index in [0.29, 0.717) is 6.04 Å².